The number of nitrogens with one attached hydrogen (secondary N) is 1. The number of halogens is 1. The third-order valence-electron chi connectivity index (χ3n) is 3.96. The third kappa shape index (κ3) is 3.36. The number of carbonyl (C=O) groups excluding carboxylic acids is 1. The number of fused-ring (bicyclic) bond motifs is 1. The summed E-state index contributed by atoms with van der Waals surface area (Å²) in [6.07, 6.45) is 1.70. The van der Waals surface area contributed by atoms with Gasteiger partial charge in [-0.15, -0.1) is 11.3 Å². The average molecular weight is 412 g/mol. The fourth-order valence-corrected chi connectivity index (χ4v) is 4.05. The molecule has 2 aromatic carbocycles. The second-order valence-corrected chi connectivity index (χ2v) is 8.03. The Balaban J connectivity index is 1.60. The Kier molecular flexibility index (Phi) is 4.38. The van der Waals surface area contributed by atoms with Crippen molar-refractivity contribution in [1.82, 2.24) is 9.78 Å². The number of carbonyl (C=O) groups is 1. The molecule has 4 rings (SSSR count). The number of anilines is 1. The van der Waals surface area contributed by atoms with Crippen LogP contribution in [0.25, 0.3) is 10.8 Å². The second-order valence-electron chi connectivity index (χ2n) is 5.57. The van der Waals surface area contributed by atoms with Crippen molar-refractivity contribution in [1.29, 1.82) is 0 Å². The molecule has 0 saturated heterocycles. The summed E-state index contributed by atoms with van der Waals surface area (Å²) in [7, 11) is 0. The molecule has 0 aliphatic carbocycles. The van der Waals surface area contributed by atoms with Crippen molar-refractivity contribution in [3.63, 3.8) is 0 Å². The number of aromatic nitrogens is 2. The largest absolute Gasteiger partial charge is 0.306 e. The third-order valence-corrected chi connectivity index (χ3v) is 5.58. The van der Waals surface area contributed by atoms with Gasteiger partial charge in [0.2, 0.25) is 0 Å². The van der Waals surface area contributed by atoms with Crippen LogP contribution in [0.15, 0.2) is 70.6 Å². The molecule has 0 atom stereocenters. The van der Waals surface area contributed by atoms with E-state index in [2.05, 4.69) is 50.6 Å². The van der Waals surface area contributed by atoms with Gasteiger partial charge in [0.05, 0.1) is 21.4 Å². The molecule has 0 spiro atoms. The van der Waals surface area contributed by atoms with Crippen LogP contribution in [0.4, 0.5) is 5.82 Å². The highest BCUT2D eigenvalue weighted by Crippen LogP contribution is 2.24. The van der Waals surface area contributed by atoms with Crippen LogP contribution in [-0.4, -0.2) is 15.7 Å². The SMILES string of the molecule is O=C(Nc1ccnn1Cc1cccc2ccccc12)c1ccc(Br)s1. The highest BCUT2D eigenvalue weighted by molar-refractivity contribution is 9.11. The van der Waals surface area contributed by atoms with E-state index in [9.17, 15) is 4.79 Å². The van der Waals surface area contributed by atoms with E-state index in [4.69, 9.17) is 0 Å². The molecule has 0 bridgehead atoms. The molecule has 0 radical (unpaired) electrons. The fourth-order valence-electron chi connectivity index (χ4n) is 2.77. The summed E-state index contributed by atoms with van der Waals surface area (Å²) in [6.45, 7) is 0.595. The fraction of sp³-hybridized carbons (Fsp3) is 0.0526. The molecule has 2 heterocycles. The zero-order chi connectivity index (χ0) is 17.2. The number of hydrogen-bond acceptors (Lipinski definition) is 3. The van der Waals surface area contributed by atoms with Crippen molar-refractivity contribution in [2.75, 3.05) is 5.32 Å². The van der Waals surface area contributed by atoms with Gasteiger partial charge < -0.3 is 5.32 Å². The standard InChI is InChI=1S/C19H14BrN3OS/c20-17-9-8-16(25-17)19(24)22-18-10-11-21-23(18)12-14-6-3-5-13-4-1-2-7-15(13)14/h1-11H,12H2,(H,22,24). The predicted octanol–water partition coefficient (Wildman–Crippen LogP) is 5.16. The van der Waals surface area contributed by atoms with Gasteiger partial charge in [-0.05, 0) is 44.4 Å². The summed E-state index contributed by atoms with van der Waals surface area (Å²) in [6, 6.07) is 20.0. The lowest BCUT2D eigenvalue weighted by Gasteiger charge is -2.10. The van der Waals surface area contributed by atoms with Crippen LogP contribution in [0, 0.1) is 0 Å². The maximum atomic E-state index is 12.4. The quantitative estimate of drug-likeness (QED) is 0.503. The lowest BCUT2D eigenvalue weighted by atomic mass is 10.0. The Morgan fingerprint density at radius 1 is 1.08 bits per heavy atom. The lowest BCUT2D eigenvalue weighted by Crippen LogP contribution is -2.15. The number of thiophene rings is 1. The van der Waals surface area contributed by atoms with Crippen LogP contribution in [0.3, 0.4) is 0 Å². The van der Waals surface area contributed by atoms with Crippen LogP contribution in [0.2, 0.25) is 0 Å². The van der Waals surface area contributed by atoms with Crippen molar-refractivity contribution in [3.8, 4) is 0 Å². The Morgan fingerprint density at radius 2 is 1.92 bits per heavy atom. The summed E-state index contributed by atoms with van der Waals surface area (Å²) in [5.41, 5.74) is 1.16. The first-order valence-electron chi connectivity index (χ1n) is 7.76. The lowest BCUT2D eigenvalue weighted by molar-refractivity contribution is 0.102. The van der Waals surface area contributed by atoms with E-state index in [1.54, 1.807) is 12.3 Å². The zero-order valence-corrected chi connectivity index (χ0v) is 15.5. The summed E-state index contributed by atoms with van der Waals surface area (Å²) >= 11 is 4.79. The maximum absolute atomic E-state index is 12.4. The van der Waals surface area contributed by atoms with Crippen LogP contribution in [-0.2, 0) is 6.54 Å². The van der Waals surface area contributed by atoms with Gasteiger partial charge in [-0.25, -0.2) is 4.68 Å². The molecule has 0 saturated carbocycles. The van der Waals surface area contributed by atoms with Gasteiger partial charge in [-0.3, -0.25) is 4.79 Å². The minimum atomic E-state index is -0.129. The molecule has 1 N–H and O–H groups in total. The first-order chi connectivity index (χ1) is 12.2. The predicted molar refractivity (Wildman–Crippen MR) is 105 cm³/mol. The number of hydrogen-bond donors (Lipinski definition) is 1. The molecule has 124 valence electrons. The van der Waals surface area contributed by atoms with Gasteiger partial charge in [0.25, 0.3) is 5.91 Å². The normalized spacial score (nSPS) is 10.9. The summed E-state index contributed by atoms with van der Waals surface area (Å²) in [5, 5.41) is 9.70. The Hall–Kier alpha value is -2.44. The number of amides is 1. The summed E-state index contributed by atoms with van der Waals surface area (Å²) < 4.78 is 2.74. The number of rotatable bonds is 4. The molecular formula is C19H14BrN3OS. The van der Waals surface area contributed by atoms with Crippen molar-refractivity contribution in [2.45, 2.75) is 6.54 Å². The highest BCUT2D eigenvalue weighted by Gasteiger charge is 2.12. The Labute approximate surface area is 157 Å². The van der Waals surface area contributed by atoms with Crippen LogP contribution >= 0.6 is 27.3 Å². The molecule has 25 heavy (non-hydrogen) atoms. The van der Waals surface area contributed by atoms with Crippen molar-refractivity contribution < 1.29 is 4.79 Å². The van der Waals surface area contributed by atoms with E-state index >= 15 is 0 Å². The van der Waals surface area contributed by atoms with Crippen molar-refractivity contribution in [2.24, 2.45) is 0 Å². The minimum Gasteiger partial charge on any atom is -0.306 e. The molecular weight excluding hydrogens is 398 g/mol. The second kappa shape index (κ2) is 6.82. The molecule has 0 unspecified atom stereocenters. The average Bonchev–Trinajstić information content (AvgIpc) is 3.24. The molecule has 1 amide bonds. The van der Waals surface area contributed by atoms with Gasteiger partial charge in [-0.2, -0.15) is 5.10 Å². The van der Waals surface area contributed by atoms with Crippen molar-refractivity contribution >= 4 is 49.8 Å². The van der Waals surface area contributed by atoms with Gasteiger partial charge in [0, 0.05) is 6.07 Å². The minimum absolute atomic E-state index is 0.129. The molecule has 6 heteroatoms. The van der Waals surface area contributed by atoms with E-state index in [1.807, 2.05) is 35.0 Å². The van der Waals surface area contributed by atoms with Gasteiger partial charge in [0.1, 0.15) is 5.82 Å². The Morgan fingerprint density at radius 3 is 2.76 bits per heavy atom. The maximum Gasteiger partial charge on any atom is 0.266 e. The number of nitrogens with zero attached hydrogens (tertiary/aromatic N) is 2. The van der Waals surface area contributed by atoms with Crippen LogP contribution in [0.1, 0.15) is 15.2 Å². The monoisotopic (exact) mass is 411 g/mol. The van der Waals surface area contributed by atoms with Crippen LogP contribution < -0.4 is 5.32 Å². The summed E-state index contributed by atoms with van der Waals surface area (Å²) in [5.74, 6) is 0.554. The van der Waals surface area contributed by atoms with E-state index in [-0.39, 0.29) is 5.91 Å². The van der Waals surface area contributed by atoms with Crippen LogP contribution in [0.5, 0.6) is 0 Å². The molecule has 0 fully saturated rings. The Bertz CT molecular complexity index is 1050. The topological polar surface area (TPSA) is 46.9 Å². The van der Waals surface area contributed by atoms with Crippen molar-refractivity contribution in [3.05, 3.63) is 81.1 Å². The summed E-state index contributed by atoms with van der Waals surface area (Å²) in [4.78, 5) is 13.0. The van der Waals surface area contributed by atoms with Gasteiger partial charge in [-0.1, -0.05) is 42.5 Å². The molecule has 4 aromatic rings. The smallest absolute Gasteiger partial charge is 0.266 e. The van der Waals surface area contributed by atoms with Gasteiger partial charge in [0.15, 0.2) is 0 Å². The molecule has 0 aliphatic heterocycles. The highest BCUT2D eigenvalue weighted by atomic mass is 79.9. The first-order valence-corrected chi connectivity index (χ1v) is 9.37. The van der Waals surface area contributed by atoms with Gasteiger partial charge >= 0.3 is 0 Å². The van der Waals surface area contributed by atoms with E-state index in [0.717, 1.165) is 9.35 Å². The van der Waals surface area contributed by atoms with E-state index < -0.39 is 0 Å². The zero-order valence-electron chi connectivity index (χ0n) is 13.1. The number of benzene rings is 2. The van der Waals surface area contributed by atoms with E-state index in [1.165, 1.54) is 22.1 Å². The molecule has 2 aromatic heterocycles. The molecule has 0 aliphatic rings. The molecule has 4 nitrogen and oxygen atoms in total. The first kappa shape index (κ1) is 16.1. The van der Waals surface area contributed by atoms with E-state index in [0.29, 0.717) is 17.2 Å².